The number of rotatable bonds is 13. The summed E-state index contributed by atoms with van der Waals surface area (Å²) in [6.07, 6.45) is 6.11. The van der Waals surface area contributed by atoms with Crippen LogP contribution in [0.4, 0.5) is 28.9 Å². The Morgan fingerprint density at radius 3 is 1.61 bits per heavy atom. The maximum Gasteiger partial charge on any atom is 0.284 e. The lowest BCUT2D eigenvalue weighted by atomic mass is 9.99. The third-order valence-corrected chi connectivity index (χ3v) is 17.5. The lowest BCUT2D eigenvalue weighted by Gasteiger charge is -2.21. The van der Waals surface area contributed by atoms with E-state index in [1.165, 1.54) is 149 Å². The van der Waals surface area contributed by atoms with Gasteiger partial charge in [0.15, 0.2) is 11.2 Å². The predicted molar refractivity (Wildman–Crippen MR) is 334 cm³/mol. The number of sulfonamides is 2. The summed E-state index contributed by atoms with van der Waals surface area (Å²) in [6.45, 7) is 1.78. The third kappa shape index (κ3) is 11.4. The molecule has 6 aromatic heterocycles. The number of nitrogens with one attached hydrogen (secondary N) is 2. The summed E-state index contributed by atoms with van der Waals surface area (Å²) in [5, 5.41) is 6.02. The molecule has 0 saturated heterocycles. The Labute approximate surface area is 509 Å². The van der Waals surface area contributed by atoms with Gasteiger partial charge in [-0.3, -0.25) is 36.9 Å². The third-order valence-electron chi connectivity index (χ3n) is 15.1. The highest BCUT2D eigenvalue weighted by Gasteiger charge is 2.29. The van der Waals surface area contributed by atoms with Crippen molar-refractivity contribution in [2.45, 2.75) is 13.0 Å². The number of carbonyl (C=O) groups excluding carboxylic acids is 2. The topological polar surface area (TPSA) is 255 Å². The quantitative estimate of drug-likeness (QED) is 0.102. The van der Waals surface area contributed by atoms with Gasteiger partial charge in [0, 0.05) is 85.1 Å². The van der Waals surface area contributed by atoms with Gasteiger partial charge in [-0.2, -0.15) is 0 Å². The number of fused-ring (bicyclic) bond motifs is 4. The molecule has 0 bridgehead atoms. The van der Waals surface area contributed by atoms with Crippen LogP contribution in [-0.4, -0.2) is 98.4 Å². The van der Waals surface area contributed by atoms with E-state index in [1.54, 1.807) is 49.4 Å². The SMILES string of the molecule is CNC(=O)c1c(-c2ccc(F)cc2)oc2cc(N(C)S(C)(=O)=O)c(-c3ccc4ncn(-c5ccccc5F)c(=O)c4n3)cc12.CNC(=O)c1c(-c2ccc(F)cc2)oc2cc(N(C)S(C)(=O)=O)c(-c3cnc4ncn([C@H](C)c5ccc(F)cc5)c(=O)c4c3)cc12. The average Bonchev–Trinajstić information content (AvgIpc) is 1.50. The van der Waals surface area contributed by atoms with E-state index in [0.29, 0.717) is 38.6 Å². The van der Waals surface area contributed by atoms with Crippen LogP contribution in [0.3, 0.4) is 0 Å². The summed E-state index contributed by atoms with van der Waals surface area (Å²) in [4.78, 5) is 71.2. The number of para-hydroxylation sites is 1. The van der Waals surface area contributed by atoms with Crippen LogP contribution in [0.15, 0.2) is 177 Å². The van der Waals surface area contributed by atoms with Crippen LogP contribution < -0.4 is 30.4 Å². The molecule has 0 radical (unpaired) electrons. The molecule has 0 unspecified atom stereocenters. The summed E-state index contributed by atoms with van der Waals surface area (Å²) in [7, 11) is -1.98. The first-order valence-electron chi connectivity index (χ1n) is 27.2. The Hall–Kier alpha value is -10.9. The van der Waals surface area contributed by atoms with Gasteiger partial charge in [0.1, 0.15) is 58.6 Å². The van der Waals surface area contributed by atoms with E-state index in [0.717, 1.165) is 25.7 Å². The van der Waals surface area contributed by atoms with Gasteiger partial charge >= 0.3 is 0 Å². The van der Waals surface area contributed by atoms with Crippen LogP contribution >= 0.6 is 0 Å². The largest absolute Gasteiger partial charge is 0.455 e. The van der Waals surface area contributed by atoms with Gasteiger partial charge in [-0.05, 0) is 116 Å². The number of carbonyl (C=O) groups is 2. The van der Waals surface area contributed by atoms with Crippen molar-refractivity contribution >= 4 is 87.2 Å². The molecule has 0 aliphatic heterocycles. The molecular formula is C64H50F4N10O10S2. The zero-order valence-electron chi connectivity index (χ0n) is 48.6. The van der Waals surface area contributed by atoms with Gasteiger partial charge in [-0.25, -0.2) is 54.3 Å². The minimum atomic E-state index is -3.81. The molecule has 26 heteroatoms. The van der Waals surface area contributed by atoms with E-state index in [9.17, 15) is 53.6 Å². The van der Waals surface area contributed by atoms with Crippen LogP contribution in [0.2, 0.25) is 0 Å². The van der Waals surface area contributed by atoms with Gasteiger partial charge in [0.05, 0.1) is 63.3 Å². The molecule has 2 N–H and O–H groups in total. The fourth-order valence-corrected chi connectivity index (χ4v) is 11.2. The number of hydrogen-bond acceptors (Lipinski definition) is 14. The molecule has 2 amide bonds. The van der Waals surface area contributed by atoms with Crippen molar-refractivity contribution in [3.8, 4) is 50.7 Å². The van der Waals surface area contributed by atoms with Crippen LogP contribution in [0, 0.1) is 23.3 Å². The number of halogens is 4. The van der Waals surface area contributed by atoms with Crippen LogP contribution in [0.25, 0.3) is 94.7 Å². The normalized spacial score (nSPS) is 12.0. The van der Waals surface area contributed by atoms with Crippen LogP contribution in [0.1, 0.15) is 39.2 Å². The molecule has 1 atom stereocenters. The second-order valence-corrected chi connectivity index (χ2v) is 24.7. The first kappa shape index (κ1) is 60.8. The van der Waals surface area contributed by atoms with E-state index >= 15 is 0 Å². The zero-order valence-corrected chi connectivity index (χ0v) is 50.2. The lowest BCUT2D eigenvalue weighted by molar-refractivity contribution is 0.0956. The summed E-state index contributed by atoms with van der Waals surface area (Å²) < 4.78 is 123. The van der Waals surface area contributed by atoms with Crippen molar-refractivity contribution in [2.24, 2.45) is 0 Å². The van der Waals surface area contributed by atoms with E-state index in [4.69, 9.17) is 8.83 Å². The minimum Gasteiger partial charge on any atom is -0.455 e. The van der Waals surface area contributed by atoms with Crippen molar-refractivity contribution in [1.29, 1.82) is 0 Å². The number of benzene rings is 6. The number of pyridine rings is 2. The van der Waals surface area contributed by atoms with Crippen molar-refractivity contribution in [3.05, 3.63) is 219 Å². The van der Waals surface area contributed by atoms with Crippen molar-refractivity contribution in [3.63, 3.8) is 0 Å². The average molecular weight is 1260 g/mol. The van der Waals surface area contributed by atoms with Crippen molar-refractivity contribution < 1.29 is 52.8 Å². The number of amides is 2. The Kier molecular flexibility index (Phi) is 16.0. The maximum atomic E-state index is 14.5. The Bertz CT molecular complexity index is 5260. The second kappa shape index (κ2) is 23.7. The van der Waals surface area contributed by atoms with Gasteiger partial charge in [-0.1, -0.05) is 24.3 Å². The highest BCUT2D eigenvalue weighted by molar-refractivity contribution is 7.92. The first-order chi connectivity index (χ1) is 42.8. The van der Waals surface area contributed by atoms with E-state index in [-0.39, 0.29) is 84.2 Å². The highest BCUT2D eigenvalue weighted by Crippen LogP contribution is 2.43. The molecule has 6 heterocycles. The molecule has 0 aliphatic rings. The number of anilines is 2. The van der Waals surface area contributed by atoms with Gasteiger partial charge in [0.2, 0.25) is 20.0 Å². The monoisotopic (exact) mass is 1260 g/mol. The molecule has 6 aromatic carbocycles. The molecule has 12 aromatic rings. The molecule has 456 valence electrons. The highest BCUT2D eigenvalue weighted by atomic mass is 32.2. The van der Waals surface area contributed by atoms with E-state index < -0.39 is 72.3 Å². The number of hydrogen-bond donors (Lipinski definition) is 2. The van der Waals surface area contributed by atoms with Crippen LogP contribution in [-0.2, 0) is 20.0 Å². The lowest BCUT2D eigenvalue weighted by Crippen LogP contribution is -2.25. The fourth-order valence-electron chi connectivity index (χ4n) is 10.2. The van der Waals surface area contributed by atoms with E-state index in [2.05, 4.69) is 30.6 Å². The Balaban J connectivity index is 0.000000185. The Morgan fingerprint density at radius 1 is 0.578 bits per heavy atom. The summed E-state index contributed by atoms with van der Waals surface area (Å²) >= 11 is 0. The second-order valence-electron chi connectivity index (χ2n) is 20.7. The minimum absolute atomic E-state index is 0.0139. The standard InChI is InChI=1S/C33H27F2N5O5S.C31H23F2N5O5S/c1-18(19-5-9-22(34)10-6-19)40-17-38-31-26(33(40)42)13-21(16-37-31)24-14-25-28(15-27(24)39(3)46(4,43)44)45-30(29(25)32(41)36-2)20-7-11-23(35)12-8-20;1-34-30(39)27-20-14-19(22-12-13-23-28(36-22)31(40)38(16-35-23)24-7-5-4-6-21(24)33)25(37(2)44(3,41)42)15-26(20)43-29(27)17-8-10-18(32)11-9-17/h5-18H,1-4H3,(H,36,41);4-16H,1-3H3,(H,34,39)/t18-;/m1./s1. The van der Waals surface area contributed by atoms with Crippen molar-refractivity contribution in [1.82, 2.24) is 39.7 Å². The van der Waals surface area contributed by atoms with Gasteiger partial charge in [-0.15, -0.1) is 0 Å². The molecular weight excluding hydrogens is 1210 g/mol. The molecule has 0 saturated carbocycles. The van der Waals surface area contributed by atoms with Gasteiger partial charge < -0.3 is 19.5 Å². The summed E-state index contributed by atoms with van der Waals surface area (Å²) in [5.41, 5.74) is 2.96. The number of furan rings is 2. The summed E-state index contributed by atoms with van der Waals surface area (Å²) in [5.74, 6) is -2.64. The fraction of sp³-hybridized carbons (Fsp3) is 0.125. The van der Waals surface area contributed by atoms with Crippen LogP contribution in [0.5, 0.6) is 0 Å². The number of nitrogens with zero attached hydrogens (tertiary/aromatic N) is 8. The van der Waals surface area contributed by atoms with Crippen molar-refractivity contribution in [2.75, 3.05) is 49.3 Å². The van der Waals surface area contributed by atoms with E-state index in [1.807, 2.05) is 0 Å². The molecule has 0 spiro atoms. The molecule has 0 aliphatic carbocycles. The molecule has 20 nitrogen and oxygen atoms in total. The maximum absolute atomic E-state index is 14.5. The smallest absolute Gasteiger partial charge is 0.284 e. The van der Waals surface area contributed by atoms with Gasteiger partial charge in [0.25, 0.3) is 22.9 Å². The number of aromatic nitrogens is 6. The summed E-state index contributed by atoms with van der Waals surface area (Å²) in [6, 6.07) is 32.6. The molecule has 90 heavy (non-hydrogen) atoms. The predicted octanol–water partition coefficient (Wildman–Crippen LogP) is 10.4. The molecule has 0 fully saturated rings. The Morgan fingerprint density at radius 2 is 1.09 bits per heavy atom. The molecule has 12 rings (SSSR count). The zero-order chi connectivity index (χ0) is 64.2. The first-order valence-corrected chi connectivity index (χ1v) is 30.9.